The third kappa shape index (κ3) is 5.11. The van der Waals surface area contributed by atoms with Gasteiger partial charge in [0.1, 0.15) is 11.4 Å². The van der Waals surface area contributed by atoms with E-state index in [9.17, 15) is 14.9 Å². The molecule has 1 amide bonds. The number of nitro groups is 1. The molecule has 11 heteroatoms. The lowest BCUT2D eigenvalue weighted by atomic mass is 10.1. The number of nitro benzene ring substituents is 1. The van der Waals surface area contributed by atoms with Gasteiger partial charge in [0, 0.05) is 37.9 Å². The van der Waals surface area contributed by atoms with Crippen LogP contribution in [0.3, 0.4) is 0 Å². The summed E-state index contributed by atoms with van der Waals surface area (Å²) >= 11 is 1.35. The van der Waals surface area contributed by atoms with Crippen molar-refractivity contribution < 1.29 is 23.9 Å². The minimum atomic E-state index is -0.541. The van der Waals surface area contributed by atoms with Crippen molar-refractivity contribution in [1.29, 1.82) is 0 Å². The molecular formula is C23H26N4O6S. The van der Waals surface area contributed by atoms with Crippen LogP contribution in [-0.2, 0) is 16.0 Å². The van der Waals surface area contributed by atoms with Gasteiger partial charge in [0.15, 0.2) is 4.80 Å². The minimum Gasteiger partial charge on any atom is -0.497 e. The van der Waals surface area contributed by atoms with Crippen LogP contribution in [0.5, 0.6) is 5.75 Å². The molecule has 4 rings (SSSR count). The highest BCUT2D eigenvalue weighted by molar-refractivity contribution is 7.16. The summed E-state index contributed by atoms with van der Waals surface area (Å²) in [5.74, 6) is 0.165. The first kappa shape index (κ1) is 23.9. The van der Waals surface area contributed by atoms with Crippen molar-refractivity contribution in [3.8, 4) is 5.75 Å². The summed E-state index contributed by atoms with van der Waals surface area (Å²) < 4.78 is 19.0. The molecule has 0 unspecified atom stereocenters. The molecular weight excluding hydrogens is 460 g/mol. The van der Waals surface area contributed by atoms with Crippen molar-refractivity contribution in [2.45, 2.75) is 13.5 Å². The Morgan fingerprint density at radius 2 is 2.03 bits per heavy atom. The number of ether oxygens (including phenoxy) is 3. The Morgan fingerprint density at radius 3 is 2.74 bits per heavy atom. The summed E-state index contributed by atoms with van der Waals surface area (Å²) in [5.41, 5.74) is 1.43. The smallest absolute Gasteiger partial charge is 0.293 e. The van der Waals surface area contributed by atoms with Crippen LogP contribution in [0.25, 0.3) is 10.2 Å². The maximum absolute atomic E-state index is 13.1. The molecule has 180 valence electrons. The minimum absolute atomic E-state index is 0.117. The second kappa shape index (κ2) is 10.8. The number of methoxy groups -OCH3 is 1. The van der Waals surface area contributed by atoms with Gasteiger partial charge in [0.2, 0.25) is 0 Å². The maximum Gasteiger partial charge on any atom is 0.293 e. The molecule has 1 fully saturated rings. The highest BCUT2D eigenvalue weighted by Gasteiger charge is 2.23. The Kier molecular flexibility index (Phi) is 7.56. The number of aromatic nitrogens is 1. The Morgan fingerprint density at radius 1 is 1.24 bits per heavy atom. The quantitative estimate of drug-likeness (QED) is 0.273. The summed E-state index contributed by atoms with van der Waals surface area (Å²) in [6.07, 6.45) is 0. The second-order valence-corrected chi connectivity index (χ2v) is 8.55. The van der Waals surface area contributed by atoms with Crippen LogP contribution in [0.4, 0.5) is 11.4 Å². The van der Waals surface area contributed by atoms with E-state index in [1.807, 2.05) is 34.6 Å². The van der Waals surface area contributed by atoms with Gasteiger partial charge in [-0.15, -0.1) is 0 Å². The highest BCUT2D eigenvalue weighted by atomic mass is 32.1. The van der Waals surface area contributed by atoms with E-state index in [2.05, 4.69) is 4.99 Å². The number of carbonyl (C=O) groups is 1. The molecule has 1 aromatic heterocycles. The predicted molar refractivity (Wildman–Crippen MR) is 129 cm³/mol. The van der Waals surface area contributed by atoms with Gasteiger partial charge >= 0.3 is 0 Å². The monoisotopic (exact) mass is 486 g/mol. The zero-order chi connectivity index (χ0) is 24.1. The molecule has 2 aromatic carbocycles. The van der Waals surface area contributed by atoms with Gasteiger partial charge in [-0.05, 0) is 37.3 Å². The van der Waals surface area contributed by atoms with Crippen molar-refractivity contribution in [2.24, 2.45) is 4.99 Å². The van der Waals surface area contributed by atoms with Gasteiger partial charge in [0.05, 0.1) is 42.1 Å². The van der Waals surface area contributed by atoms with Crippen molar-refractivity contribution >= 4 is 38.8 Å². The Bertz CT molecular complexity index is 1260. The number of hydrogen-bond acceptors (Lipinski definition) is 8. The summed E-state index contributed by atoms with van der Waals surface area (Å²) in [5, 5.41) is 11.8. The maximum atomic E-state index is 13.1. The number of hydrogen-bond donors (Lipinski definition) is 0. The summed E-state index contributed by atoms with van der Waals surface area (Å²) in [6.45, 7) is 5.62. The fourth-order valence-corrected chi connectivity index (χ4v) is 4.89. The van der Waals surface area contributed by atoms with Crippen LogP contribution in [-0.4, -0.2) is 62.0 Å². The fraction of sp³-hybridized carbons (Fsp3) is 0.391. The average molecular weight is 487 g/mol. The lowest BCUT2D eigenvalue weighted by Gasteiger charge is -2.28. The van der Waals surface area contributed by atoms with E-state index < -0.39 is 10.8 Å². The van der Waals surface area contributed by atoms with Crippen LogP contribution in [0.2, 0.25) is 0 Å². The van der Waals surface area contributed by atoms with Crippen molar-refractivity contribution in [2.75, 3.05) is 51.5 Å². The van der Waals surface area contributed by atoms with Crippen LogP contribution < -0.4 is 14.4 Å². The summed E-state index contributed by atoms with van der Waals surface area (Å²) in [7, 11) is 1.60. The van der Waals surface area contributed by atoms with E-state index >= 15 is 0 Å². The summed E-state index contributed by atoms with van der Waals surface area (Å²) in [6, 6.07) is 10.2. The fourth-order valence-electron chi connectivity index (χ4n) is 3.81. The Hall–Kier alpha value is -3.28. The lowest BCUT2D eigenvalue weighted by Crippen LogP contribution is -2.36. The number of rotatable bonds is 8. The number of thiazole rings is 1. The second-order valence-electron chi connectivity index (χ2n) is 7.54. The molecule has 2 heterocycles. The van der Waals surface area contributed by atoms with E-state index in [-0.39, 0.29) is 11.3 Å². The number of nitrogens with zero attached hydrogens (tertiary/aromatic N) is 4. The van der Waals surface area contributed by atoms with Crippen LogP contribution >= 0.6 is 11.3 Å². The van der Waals surface area contributed by atoms with E-state index in [1.165, 1.54) is 17.4 Å². The molecule has 3 aromatic rings. The lowest BCUT2D eigenvalue weighted by molar-refractivity contribution is -0.384. The molecule has 0 spiro atoms. The van der Waals surface area contributed by atoms with E-state index in [1.54, 1.807) is 19.2 Å². The first-order chi connectivity index (χ1) is 16.5. The molecule has 0 N–H and O–H groups in total. The number of benzene rings is 2. The molecule has 0 atom stereocenters. The third-order valence-electron chi connectivity index (χ3n) is 5.52. The van der Waals surface area contributed by atoms with Crippen molar-refractivity contribution in [3.63, 3.8) is 0 Å². The van der Waals surface area contributed by atoms with Crippen molar-refractivity contribution in [1.82, 2.24) is 4.57 Å². The van der Waals surface area contributed by atoms with E-state index in [4.69, 9.17) is 14.2 Å². The van der Waals surface area contributed by atoms with Crippen LogP contribution in [0.15, 0.2) is 41.4 Å². The van der Waals surface area contributed by atoms with Gasteiger partial charge < -0.3 is 23.7 Å². The molecule has 1 saturated heterocycles. The number of carbonyl (C=O) groups excluding carboxylic acids is 1. The molecule has 0 aliphatic carbocycles. The molecule has 34 heavy (non-hydrogen) atoms. The number of morpholine rings is 1. The molecule has 10 nitrogen and oxygen atoms in total. The van der Waals surface area contributed by atoms with E-state index in [0.29, 0.717) is 62.3 Å². The molecule has 1 aliphatic rings. The zero-order valence-electron chi connectivity index (χ0n) is 19.1. The largest absolute Gasteiger partial charge is 0.497 e. The number of anilines is 1. The SMILES string of the molecule is CCOCCn1c(=NC(=O)c2ccc(N3CCOCC3)c([N+](=O)[O-])c2)sc2cc(OC)ccc21. The van der Waals surface area contributed by atoms with Crippen LogP contribution in [0, 0.1) is 10.1 Å². The Balaban J connectivity index is 1.72. The topological polar surface area (TPSA) is 108 Å². The molecule has 0 radical (unpaired) electrons. The predicted octanol–water partition coefficient (Wildman–Crippen LogP) is 3.23. The molecule has 0 saturated carbocycles. The van der Waals surface area contributed by atoms with Gasteiger partial charge in [-0.1, -0.05) is 11.3 Å². The number of amides is 1. The van der Waals surface area contributed by atoms with E-state index in [0.717, 1.165) is 10.2 Å². The first-order valence-electron chi connectivity index (χ1n) is 11.0. The van der Waals surface area contributed by atoms with Crippen molar-refractivity contribution in [3.05, 3.63) is 56.9 Å². The molecule has 1 aliphatic heterocycles. The van der Waals surface area contributed by atoms with Gasteiger partial charge in [-0.25, -0.2) is 0 Å². The van der Waals surface area contributed by atoms with Crippen LogP contribution in [0.1, 0.15) is 17.3 Å². The average Bonchev–Trinajstić information content (AvgIpc) is 3.20. The highest BCUT2D eigenvalue weighted by Crippen LogP contribution is 2.30. The standard InChI is InChI=1S/C23H26N4O6S/c1-3-32-13-10-26-19-7-5-17(31-2)15-21(19)34-23(26)24-22(28)16-4-6-18(20(14-16)27(29)30)25-8-11-33-12-9-25/h4-7,14-15H,3,8-13H2,1-2H3. The Labute approximate surface area is 200 Å². The van der Waals surface area contributed by atoms with Gasteiger partial charge in [-0.3, -0.25) is 14.9 Å². The number of fused-ring (bicyclic) bond motifs is 1. The zero-order valence-corrected chi connectivity index (χ0v) is 19.9. The first-order valence-corrected chi connectivity index (χ1v) is 11.8. The summed E-state index contributed by atoms with van der Waals surface area (Å²) in [4.78, 5) is 31.1. The van der Waals surface area contributed by atoms with Gasteiger partial charge in [-0.2, -0.15) is 4.99 Å². The van der Waals surface area contributed by atoms with Gasteiger partial charge in [0.25, 0.3) is 11.6 Å². The molecule has 0 bridgehead atoms. The third-order valence-corrected chi connectivity index (χ3v) is 6.56. The normalized spacial score (nSPS) is 14.5.